The Balaban J connectivity index is 2.16. The lowest BCUT2D eigenvalue weighted by atomic mass is 10.0. The molecule has 0 saturated heterocycles. The summed E-state index contributed by atoms with van der Waals surface area (Å²) in [5, 5.41) is 0.854. The molecule has 1 heterocycles. The number of nitrogens with zero attached hydrogens (tertiary/aromatic N) is 1. The van der Waals surface area contributed by atoms with E-state index in [1.807, 2.05) is 6.07 Å². The third-order valence-corrected chi connectivity index (χ3v) is 3.45. The summed E-state index contributed by atoms with van der Waals surface area (Å²) >= 11 is 3.42. The summed E-state index contributed by atoms with van der Waals surface area (Å²) in [7, 11) is 1.37. The Morgan fingerprint density at radius 1 is 1.16 bits per heavy atom. The lowest BCUT2D eigenvalue weighted by Gasteiger charge is -2.04. The van der Waals surface area contributed by atoms with Gasteiger partial charge in [0.1, 0.15) is 0 Å². The van der Waals surface area contributed by atoms with Crippen molar-refractivity contribution in [3.8, 4) is 0 Å². The van der Waals surface area contributed by atoms with Crippen LogP contribution in [0.25, 0.3) is 0 Å². The molecule has 0 saturated carbocycles. The second-order valence-corrected chi connectivity index (χ2v) is 4.76. The van der Waals surface area contributed by atoms with Gasteiger partial charge < -0.3 is 4.74 Å². The Morgan fingerprint density at radius 2 is 1.84 bits per heavy atom. The molecule has 19 heavy (non-hydrogen) atoms. The van der Waals surface area contributed by atoms with Gasteiger partial charge in [-0.1, -0.05) is 40.2 Å². The number of hydrogen-bond donors (Lipinski definition) is 0. The van der Waals surface area contributed by atoms with E-state index in [1.165, 1.54) is 24.4 Å². The van der Waals surface area contributed by atoms with Gasteiger partial charge in [-0.15, -0.1) is 0 Å². The van der Waals surface area contributed by atoms with Crippen LogP contribution in [0.4, 0.5) is 0 Å². The van der Waals surface area contributed by atoms with E-state index in [1.54, 1.807) is 6.20 Å². The Hall–Kier alpha value is -1.68. The molecule has 0 unspecified atom stereocenters. The molecule has 1 aromatic heterocycles. The second-order valence-electron chi connectivity index (χ2n) is 4.20. The first kappa shape index (κ1) is 13.7. The minimum atomic E-state index is -0.357. The molecule has 98 valence electrons. The number of rotatable bonds is 4. The summed E-state index contributed by atoms with van der Waals surface area (Å²) < 4.78 is 4.69. The highest BCUT2D eigenvalue weighted by molar-refractivity contribution is 9.08. The number of benzene rings is 1. The van der Waals surface area contributed by atoms with Crippen LogP contribution in [0.15, 0.2) is 42.7 Å². The van der Waals surface area contributed by atoms with Crippen molar-refractivity contribution >= 4 is 21.9 Å². The number of hydrogen-bond acceptors (Lipinski definition) is 3. The molecule has 0 fully saturated rings. The maximum absolute atomic E-state index is 11.4. The van der Waals surface area contributed by atoms with Crippen LogP contribution < -0.4 is 0 Å². The lowest BCUT2D eigenvalue weighted by molar-refractivity contribution is 0.0600. The van der Waals surface area contributed by atoms with Gasteiger partial charge in [-0.05, 0) is 29.2 Å². The first-order valence-electron chi connectivity index (χ1n) is 5.89. The maximum atomic E-state index is 11.4. The smallest absolute Gasteiger partial charge is 0.339 e. The largest absolute Gasteiger partial charge is 0.465 e. The molecule has 0 aliphatic heterocycles. The topological polar surface area (TPSA) is 39.2 Å². The highest BCUT2D eigenvalue weighted by Gasteiger charge is 2.06. The van der Waals surface area contributed by atoms with Gasteiger partial charge in [-0.3, -0.25) is 4.98 Å². The Labute approximate surface area is 120 Å². The highest BCUT2D eigenvalue weighted by Crippen LogP contribution is 2.13. The van der Waals surface area contributed by atoms with Crippen LogP contribution in [-0.2, 0) is 16.5 Å². The Morgan fingerprint density at radius 3 is 2.47 bits per heavy atom. The number of alkyl halides is 1. The number of ether oxygens (including phenoxy) is 1. The SMILES string of the molecule is COC(=O)c1cncc(Cc2ccc(CBr)cc2)c1. The van der Waals surface area contributed by atoms with Crippen molar-refractivity contribution in [2.75, 3.05) is 7.11 Å². The fourth-order valence-electron chi connectivity index (χ4n) is 1.80. The fourth-order valence-corrected chi connectivity index (χ4v) is 2.17. The van der Waals surface area contributed by atoms with E-state index >= 15 is 0 Å². The van der Waals surface area contributed by atoms with Gasteiger partial charge in [0.05, 0.1) is 12.7 Å². The zero-order chi connectivity index (χ0) is 13.7. The van der Waals surface area contributed by atoms with E-state index in [4.69, 9.17) is 0 Å². The van der Waals surface area contributed by atoms with Crippen molar-refractivity contribution in [2.24, 2.45) is 0 Å². The number of methoxy groups -OCH3 is 1. The van der Waals surface area contributed by atoms with Crippen LogP contribution in [0.3, 0.4) is 0 Å². The van der Waals surface area contributed by atoms with Crippen molar-refractivity contribution in [3.63, 3.8) is 0 Å². The molecule has 0 bridgehead atoms. The van der Waals surface area contributed by atoms with Gasteiger partial charge in [0.2, 0.25) is 0 Å². The number of carbonyl (C=O) groups excluding carboxylic acids is 1. The van der Waals surface area contributed by atoms with Crippen LogP contribution in [-0.4, -0.2) is 18.1 Å². The van der Waals surface area contributed by atoms with Gasteiger partial charge in [0.15, 0.2) is 0 Å². The van der Waals surface area contributed by atoms with Gasteiger partial charge in [-0.2, -0.15) is 0 Å². The average molecular weight is 320 g/mol. The van der Waals surface area contributed by atoms with Crippen LogP contribution in [0.1, 0.15) is 27.0 Å². The third kappa shape index (κ3) is 3.64. The predicted molar refractivity (Wildman–Crippen MR) is 77.5 cm³/mol. The van der Waals surface area contributed by atoms with Gasteiger partial charge in [0.25, 0.3) is 0 Å². The summed E-state index contributed by atoms with van der Waals surface area (Å²) in [6.45, 7) is 0. The van der Waals surface area contributed by atoms with Crippen molar-refractivity contribution in [3.05, 3.63) is 65.0 Å². The zero-order valence-electron chi connectivity index (χ0n) is 10.6. The van der Waals surface area contributed by atoms with Gasteiger partial charge in [0, 0.05) is 17.7 Å². The molecule has 0 amide bonds. The van der Waals surface area contributed by atoms with E-state index < -0.39 is 0 Å². The van der Waals surface area contributed by atoms with Crippen molar-refractivity contribution in [1.82, 2.24) is 4.98 Å². The number of pyridine rings is 1. The molecular weight excluding hydrogens is 306 g/mol. The summed E-state index contributed by atoms with van der Waals surface area (Å²) in [5.41, 5.74) is 3.91. The standard InChI is InChI=1S/C15H14BrNO2/c1-19-15(18)14-7-13(9-17-10-14)6-11-2-4-12(8-16)5-3-11/h2-5,7,9-10H,6,8H2,1H3. The Kier molecular flexibility index (Phi) is 4.68. The third-order valence-electron chi connectivity index (χ3n) is 2.80. The molecule has 2 rings (SSSR count). The summed E-state index contributed by atoms with van der Waals surface area (Å²) in [4.78, 5) is 15.5. The highest BCUT2D eigenvalue weighted by atomic mass is 79.9. The molecule has 0 atom stereocenters. The normalized spacial score (nSPS) is 10.2. The van der Waals surface area contributed by atoms with Gasteiger partial charge in [-0.25, -0.2) is 4.79 Å². The Bertz CT molecular complexity index is 567. The molecule has 0 aliphatic rings. The molecule has 0 spiro atoms. The van der Waals surface area contributed by atoms with Crippen molar-refractivity contribution in [1.29, 1.82) is 0 Å². The van der Waals surface area contributed by atoms with Crippen molar-refractivity contribution in [2.45, 2.75) is 11.8 Å². The summed E-state index contributed by atoms with van der Waals surface area (Å²) in [6.07, 6.45) is 4.04. The monoisotopic (exact) mass is 319 g/mol. The first-order chi connectivity index (χ1) is 9.22. The molecule has 0 aliphatic carbocycles. The maximum Gasteiger partial charge on any atom is 0.339 e. The van der Waals surface area contributed by atoms with E-state index in [-0.39, 0.29) is 5.97 Å². The molecule has 3 nitrogen and oxygen atoms in total. The van der Waals surface area contributed by atoms with E-state index in [0.717, 1.165) is 17.3 Å². The number of halogens is 1. The molecule has 4 heteroatoms. The van der Waals surface area contributed by atoms with Crippen LogP contribution in [0, 0.1) is 0 Å². The minimum absolute atomic E-state index is 0.357. The number of aromatic nitrogens is 1. The van der Waals surface area contributed by atoms with Crippen LogP contribution >= 0.6 is 15.9 Å². The zero-order valence-corrected chi connectivity index (χ0v) is 12.2. The summed E-state index contributed by atoms with van der Waals surface area (Å²) in [6, 6.07) is 10.2. The molecule has 0 N–H and O–H groups in total. The number of carbonyl (C=O) groups is 1. The average Bonchev–Trinajstić information content (AvgIpc) is 2.47. The predicted octanol–water partition coefficient (Wildman–Crippen LogP) is 3.35. The summed E-state index contributed by atoms with van der Waals surface area (Å²) in [5.74, 6) is -0.357. The molecular formula is C15H14BrNO2. The fraction of sp³-hybridized carbons (Fsp3) is 0.200. The van der Waals surface area contributed by atoms with Crippen molar-refractivity contribution < 1.29 is 9.53 Å². The first-order valence-corrected chi connectivity index (χ1v) is 7.01. The lowest BCUT2D eigenvalue weighted by Crippen LogP contribution is -2.03. The molecule has 2 aromatic rings. The quantitative estimate of drug-likeness (QED) is 0.640. The molecule has 0 radical (unpaired) electrons. The van der Waals surface area contributed by atoms with Crippen LogP contribution in [0.5, 0.6) is 0 Å². The van der Waals surface area contributed by atoms with E-state index in [2.05, 4.69) is 49.9 Å². The molecule has 1 aromatic carbocycles. The van der Waals surface area contributed by atoms with Crippen LogP contribution in [0.2, 0.25) is 0 Å². The minimum Gasteiger partial charge on any atom is -0.465 e. The van der Waals surface area contributed by atoms with E-state index in [0.29, 0.717) is 5.56 Å². The van der Waals surface area contributed by atoms with E-state index in [9.17, 15) is 4.79 Å². The second kappa shape index (κ2) is 6.48. The van der Waals surface area contributed by atoms with Gasteiger partial charge >= 0.3 is 5.97 Å². The number of esters is 1.